The van der Waals surface area contributed by atoms with Crippen molar-refractivity contribution in [3.05, 3.63) is 88.0 Å². The Hall–Kier alpha value is -4.53. The highest BCUT2D eigenvalue weighted by Crippen LogP contribution is 2.44. The number of nitro benzene ring substituents is 1. The number of carbonyl (C=O) groups is 3. The molecule has 1 aliphatic rings. The van der Waals surface area contributed by atoms with E-state index in [0.717, 1.165) is 21.6 Å². The maximum absolute atomic E-state index is 13.5. The smallest absolute Gasteiger partial charge is 0.269 e. The number of fused-ring (bicyclic) bond motifs is 3. The molecule has 0 saturated carbocycles. The number of imide groups is 1. The summed E-state index contributed by atoms with van der Waals surface area (Å²) in [5.74, 6) is -1.84. The van der Waals surface area contributed by atoms with E-state index in [9.17, 15) is 24.5 Å². The Balaban J connectivity index is 1.47. The fourth-order valence-electron chi connectivity index (χ4n) is 4.62. The van der Waals surface area contributed by atoms with E-state index in [1.165, 1.54) is 12.1 Å². The lowest BCUT2D eigenvalue weighted by Crippen LogP contribution is -2.50. The van der Waals surface area contributed by atoms with E-state index in [1.807, 2.05) is 24.3 Å². The minimum absolute atomic E-state index is 0.0117. The first kappa shape index (κ1) is 25.6. The van der Waals surface area contributed by atoms with Crippen LogP contribution in [-0.4, -0.2) is 28.7 Å². The standard InChI is InChI=1S/C28H28N4O5/c1-17-21-8-3-4-9-22(21)26-23(29)10-6-11-24(26)31(27(17)34)28(35)18(2)30-25(33)12-5-7-19-13-15-20(16-14-19)32(36)37/h3-4,6,8-11,13-18H,5,7,12,29H2,1-2H3,(H,30,33)/t17?,18-/m0/s1. The van der Waals surface area contributed by atoms with Gasteiger partial charge in [-0.3, -0.25) is 24.5 Å². The number of nitrogen functional groups attached to an aromatic ring is 1. The number of nitrogens with zero attached hydrogens (tertiary/aromatic N) is 2. The van der Waals surface area contributed by atoms with Crippen molar-refractivity contribution >= 4 is 34.8 Å². The SMILES string of the molecule is CC1C(=O)N(C(=O)[C@H](C)NC(=O)CCCc2ccc([N+](=O)[O-])cc2)c2cccc(N)c2-c2ccccc21. The Bertz CT molecular complexity index is 1370. The molecule has 3 aromatic carbocycles. The molecule has 1 aliphatic heterocycles. The van der Waals surface area contributed by atoms with Crippen LogP contribution in [0.1, 0.15) is 43.7 Å². The average molecular weight is 501 g/mol. The molecule has 0 aromatic heterocycles. The number of hydrogen-bond donors (Lipinski definition) is 2. The summed E-state index contributed by atoms with van der Waals surface area (Å²) in [7, 11) is 0. The van der Waals surface area contributed by atoms with Crippen molar-refractivity contribution in [2.24, 2.45) is 0 Å². The van der Waals surface area contributed by atoms with E-state index >= 15 is 0 Å². The number of hydrogen-bond acceptors (Lipinski definition) is 6. The molecule has 9 heteroatoms. The summed E-state index contributed by atoms with van der Waals surface area (Å²) in [5.41, 5.74) is 10.2. The van der Waals surface area contributed by atoms with Crippen molar-refractivity contribution in [2.45, 2.75) is 45.1 Å². The van der Waals surface area contributed by atoms with Crippen LogP contribution in [0.4, 0.5) is 17.1 Å². The van der Waals surface area contributed by atoms with Crippen molar-refractivity contribution in [3.63, 3.8) is 0 Å². The molecule has 0 saturated heterocycles. The zero-order valence-electron chi connectivity index (χ0n) is 20.6. The fraction of sp³-hybridized carbons (Fsp3) is 0.250. The lowest BCUT2D eigenvalue weighted by atomic mass is 9.92. The fourth-order valence-corrected chi connectivity index (χ4v) is 4.62. The van der Waals surface area contributed by atoms with E-state index in [2.05, 4.69) is 5.32 Å². The van der Waals surface area contributed by atoms with Crippen LogP contribution in [0.5, 0.6) is 0 Å². The minimum atomic E-state index is -0.946. The molecule has 0 spiro atoms. The Labute approximate surface area is 214 Å². The maximum Gasteiger partial charge on any atom is 0.269 e. The van der Waals surface area contributed by atoms with Crippen molar-refractivity contribution in [3.8, 4) is 11.1 Å². The molecular weight excluding hydrogens is 472 g/mol. The van der Waals surface area contributed by atoms with Gasteiger partial charge >= 0.3 is 0 Å². The van der Waals surface area contributed by atoms with Crippen LogP contribution in [0.2, 0.25) is 0 Å². The summed E-state index contributed by atoms with van der Waals surface area (Å²) in [6, 6.07) is 17.8. The van der Waals surface area contributed by atoms with Crippen molar-refractivity contribution in [2.75, 3.05) is 10.6 Å². The van der Waals surface area contributed by atoms with Gasteiger partial charge in [-0.15, -0.1) is 0 Å². The number of nitrogens with two attached hydrogens (primary N) is 1. The van der Waals surface area contributed by atoms with Crippen LogP contribution in [-0.2, 0) is 20.8 Å². The van der Waals surface area contributed by atoms with Crippen LogP contribution < -0.4 is 16.0 Å². The predicted octanol–water partition coefficient (Wildman–Crippen LogP) is 4.35. The van der Waals surface area contributed by atoms with Gasteiger partial charge in [0.15, 0.2) is 0 Å². The molecule has 4 rings (SSSR count). The summed E-state index contributed by atoms with van der Waals surface area (Å²) in [4.78, 5) is 51.1. The molecule has 3 aromatic rings. The lowest BCUT2D eigenvalue weighted by Gasteiger charge is -2.26. The van der Waals surface area contributed by atoms with Gasteiger partial charge in [-0.05, 0) is 55.5 Å². The van der Waals surface area contributed by atoms with E-state index < -0.39 is 22.8 Å². The molecular formula is C28H28N4O5. The normalized spacial score (nSPS) is 15.2. The summed E-state index contributed by atoms with van der Waals surface area (Å²) in [5, 5.41) is 13.5. The number of aryl methyl sites for hydroxylation is 1. The second-order valence-corrected chi connectivity index (χ2v) is 9.13. The number of amides is 3. The van der Waals surface area contributed by atoms with Crippen molar-refractivity contribution in [1.82, 2.24) is 5.32 Å². The van der Waals surface area contributed by atoms with Gasteiger partial charge in [0.05, 0.1) is 16.5 Å². The van der Waals surface area contributed by atoms with Crippen LogP contribution in [0, 0.1) is 10.1 Å². The van der Waals surface area contributed by atoms with Gasteiger partial charge < -0.3 is 11.1 Å². The van der Waals surface area contributed by atoms with Crippen molar-refractivity contribution < 1.29 is 19.3 Å². The van der Waals surface area contributed by atoms with E-state index in [4.69, 9.17) is 5.73 Å². The van der Waals surface area contributed by atoms with Gasteiger partial charge in [0, 0.05) is 29.8 Å². The third-order valence-corrected chi connectivity index (χ3v) is 6.59. The molecule has 0 bridgehead atoms. The Morgan fingerprint density at radius 2 is 1.78 bits per heavy atom. The maximum atomic E-state index is 13.5. The summed E-state index contributed by atoms with van der Waals surface area (Å²) < 4.78 is 0. The van der Waals surface area contributed by atoms with Crippen LogP contribution in [0.3, 0.4) is 0 Å². The molecule has 3 amide bonds. The number of anilines is 2. The number of carbonyl (C=O) groups excluding carboxylic acids is 3. The summed E-state index contributed by atoms with van der Waals surface area (Å²) in [6.07, 6.45) is 1.22. The van der Waals surface area contributed by atoms with Crippen molar-refractivity contribution in [1.29, 1.82) is 0 Å². The summed E-state index contributed by atoms with van der Waals surface area (Å²) >= 11 is 0. The third-order valence-electron chi connectivity index (χ3n) is 6.59. The highest BCUT2D eigenvalue weighted by molar-refractivity contribution is 6.22. The van der Waals surface area contributed by atoms with Gasteiger partial charge in [0.2, 0.25) is 11.8 Å². The Kier molecular flexibility index (Phi) is 7.33. The number of rotatable bonds is 7. The molecule has 1 unspecified atom stereocenters. The molecule has 190 valence electrons. The zero-order valence-corrected chi connectivity index (χ0v) is 20.6. The van der Waals surface area contributed by atoms with Crippen LogP contribution in [0.25, 0.3) is 11.1 Å². The van der Waals surface area contributed by atoms with E-state index in [1.54, 1.807) is 44.2 Å². The molecule has 0 aliphatic carbocycles. The van der Waals surface area contributed by atoms with E-state index in [-0.39, 0.29) is 23.9 Å². The zero-order chi connectivity index (χ0) is 26.7. The summed E-state index contributed by atoms with van der Waals surface area (Å²) in [6.45, 7) is 3.31. The minimum Gasteiger partial charge on any atom is -0.398 e. The molecule has 9 nitrogen and oxygen atoms in total. The highest BCUT2D eigenvalue weighted by atomic mass is 16.6. The molecule has 0 radical (unpaired) electrons. The molecule has 0 fully saturated rings. The lowest BCUT2D eigenvalue weighted by molar-refractivity contribution is -0.384. The van der Waals surface area contributed by atoms with Gasteiger partial charge in [-0.25, -0.2) is 4.90 Å². The van der Waals surface area contributed by atoms with Gasteiger partial charge in [0.1, 0.15) is 6.04 Å². The monoisotopic (exact) mass is 500 g/mol. The van der Waals surface area contributed by atoms with Gasteiger partial charge in [-0.2, -0.15) is 0 Å². The van der Waals surface area contributed by atoms with Crippen LogP contribution in [0.15, 0.2) is 66.7 Å². The second kappa shape index (κ2) is 10.6. The first-order valence-corrected chi connectivity index (χ1v) is 12.1. The van der Waals surface area contributed by atoms with Crippen LogP contribution >= 0.6 is 0 Å². The Morgan fingerprint density at radius 3 is 2.49 bits per heavy atom. The predicted molar refractivity (Wildman–Crippen MR) is 141 cm³/mol. The topological polar surface area (TPSA) is 136 Å². The first-order valence-electron chi connectivity index (χ1n) is 12.1. The Morgan fingerprint density at radius 1 is 1.08 bits per heavy atom. The third kappa shape index (κ3) is 5.20. The molecule has 37 heavy (non-hydrogen) atoms. The highest BCUT2D eigenvalue weighted by Gasteiger charge is 2.37. The molecule has 3 N–H and O–H groups in total. The van der Waals surface area contributed by atoms with E-state index in [0.29, 0.717) is 29.8 Å². The molecule has 1 heterocycles. The first-order chi connectivity index (χ1) is 17.7. The number of benzene rings is 3. The largest absolute Gasteiger partial charge is 0.398 e. The molecule has 2 atom stereocenters. The second-order valence-electron chi connectivity index (χ2n) is 9.13. The number of non-ortho nitro benzene ring substituents is 1. The number of nitro groups is 1. The average Bonchev–Trinajstić information content (AvgIpc) is 2.97. The quantitative estimate of drug-likeness (QED) is 0.281. The van der Waals surface area contributed by atoms with Gasteiger partial charge in [0.25, 0.3) is 11.6 Å². The van der Waals surface area contributed by atoms with Gasteiger partial charge in [-0.1, -0.05) is 42.5 Å². The number of nitrogens with one attached hydrogen (secondary N) is 1.